The summed E-state index contributed by atoms with van der Waals surface area (Å²) in [6.45, 7) is 7.48. The van der Waals surface area contributed by atoms with E-state index in [1.807, 2.05) is 20.8 Å². The Hall–Kier alpha value is 0.0500. The molecule has 0 saturated heterocycles. The van der Waals surface area contributed by atoms with Gasteiger partial charge in [-0.05, 0) is 41.9 Å². The minimum absolute atomic E-state index is 0.00554. The molecule has 0 saturated carbocycles. The van der Waals surface area contributed by atoms with Gasteiger partial charge in [-0.25, -0.2) is 8.42 Å². The molecule has 110 valence electrons. The van der Waals surface area contributed by atoms with Crippen LogP contribution in [-0.4, -0.2) is 32.4 Å². The smallest absolute Gasteiger partial charge is 0.245 e. The molecule has 7 heteroatoms. The van der Waals surface area contributed by atoms with Crippen molar-refractivity contribution in [1.82, 2.24) is 9.62 Å². The number of nitrogens with zero attached hydrogens (tertiary/aromatic N) is 1. The number of nitrogens with one attached hydrogen (secondary N) is 1. The van der Waals surface area contributed by atoms with E-state index in [4.69, 9.17) is 0 Å². The highest BCUT2D eigenvalue weighted by Crippen LogP contribution is 2.33. The van der Waals surface area contributed by atoms with Crippen LogP contribution in [-0.2, 0) is 16.6 Å². The third kappa shape index (κ3) is 4.01. The first-order chi connectivity index (χ1) is 8.84. The van der Waals surface area contributed by atoms with Crippen molar-refractivity contribution < 1.29 is 8.42 Å². The van der Waals surface area contributed by atoms with E-state index in [-0.39, 0.29) is 6.04 Å². The molecule has 0 aliphatic heterocycles. The fourth-order valence-corrected chi connectivity index (χ4v) is 5.59. The highest BCUT2D eigenvalue weighted by molar-refractivity contribution is 9.11. The summed E-state index contributed by atoms with van der Waals surface area (Å²) in [5.74, 6) is 0. The molecule has 1 aromatic rings. The Kier molecular flexibility index (Phi) is 6.46. The average molecular weight is 369 g/mol. The molecule has 1 N–H and O–H groups in total. The zero-order chi connectivity index (χ0) is 14.6. The summed E-state index contributed by atoms with van der Waals surface area (Å²) in [4.78, 5) is 1.39. The van der Waals surface area contributed by atoms with Crippen LogP contribution in [0.3, 0.4) is 0 Å². The third-order valence-corrected chi connectivity index (χ3v) is 7.35. The van der Waals surface area contributed by atoms with Crippen LogP contribution in [0.5, 0.6) is 0 Å². The SMILES string of the molecule is CCNCc1cc(S(=O)(=O)N(C)C(C)CC)c(Br)s1. The number of halogens is 1. The minimum atomic E-state index is -3.42. The van der Waals surface area contributed by atoms with Gasteiger partial charge in [0.25, 0.3) is 0 Å². The van der Waals surface area contributed by atoms with E-state index in [0.29, 0.717) is 15.2 Å². The second-order valence-electron chi connectivity index (χ2n) is 4.41. The fraction of sp³-hybridized carbons (Fsp3) is 0.667. The van der Waals surface area contributed by atoms with Crippen LogP contribution in [0.25, 0.3) is 0 Å². The van der Waals surface area contributed by atoms with E-state index in [1.54, 1.807) is 13.1 Å². The second kappa shape index (κ2) is 7.17. The molecule has 0 aliphatic rings. The Morgan fingerprint density at radius 2 is 2.11 bits per heavy atom. The largest absolute Gasteiger partial charge is 0.312 e. The first-order valence-electron chi connectivity index (χ1n) is 6.31. The van der Waals surface area contributed by atoms with Gasteiger partial charge in [-0.15, -0.1) is 11.3 Å². The van der Waals surface area contributed by atoms with Crippen molar-refractivity contribution in [3.63, 3.8) is 0 Å². The fourth-order valence-electron chi connectivity index (χ4n) is 1.56. The Bertz CT molecular complexity index is 514. The van der Waals surface area contributed by atoms with Gasteiger partial charge in [-0.1, -0.05) is 13.8 Å². The van der Waals surface area contributed by atoms with Gasteiger partial charge in [0, 0.05) is 24.5 Å². The highest BCUT2D eigenvalue weighted by atomic mass is 79.9. The standard InChI is InChI=1S/C12H21BrN2O2S2/c1-5-9(3)15(4)19(16,17)11-7-10(8-14-6-2)18-12(11)13/h7,9,14H,5-6,8H2,1-4H3. The van der Waals surface area contributed by atoms with E-state index >= 15 is 0 Å². The molecule has 0 spiro atoms. The molecule has 0 fully saturated rings. The van der Waals surface area contributed by atoms with Crippen LogP contribution < -0.4 is 5.32 Å². The Labute approximate surface area is 128 Å². The Morgan fingerprint density at radius 3 is 2.63 bits per heavy atom. The van der Waals surface area contributed by atoms with E-state index in [9.17, 15) is 8.42 Å². The summed E-state index contributed by atoms with van der Waals surface area (Å²) >= 11 is 4.84. The Balaban J connectivity index is 3.04. The monoisotopic (exact) mass is 368 g/mol. The van der Waals surface area contributed by atoms with E-state index in [2.05, 4.69) is 21.2 Å². The maximum atomic E-state index is 12.5. The van der Waals surface area contributed by atoms with E-state index in [1.165, 1.54) is 15.6 Å². The predicted molar refractivity (Wildman–Crippen MR) is 84.1 cm³/mol. The van der Waals surface area contributed by atoms with Gasteiger partial charge < -0.3 is 5.32 Å². The summed E-state index contributed by atoms with van der Waals surface area (Å²) < 4.78 is 27.2. The number of hydrogen-bond donors (Lipinski definition) is 1. The Morgan fingerprint density at radius 1 is 1.47 bits per heavy atom. The lowest BCUT2D eigenvalue weighted by molar-refractivity contribution is 0.380. The molecule has 1 atom stereocenters. The zero-order valence-corrected chi connectivity index (χ0v) is 15.0. The maximum Gasteiger partial charge on any atom is 0.245 e. The lowest BCUT2D eigenvalue weighted by Gasteiger charge is -2.22. The zero-order valence-electron chi connectivity index (χ0n) is 11.7. The van der Waals surface area contributed by atoms with Gasteiger partial charge in [-0.2, -0.15) is 4.31 Å². The lowest BCUT2D eigenvalue weighted by atomic mass is 10.3. The van der Waals surface area contributed by atoms with Crippen LogP contribution >= 0.6 is 27.3 Å². The van der Waals surface area contributed by atoms with Crippen molar-refractivity contribution in [3.8, 4) is 0 Å². The molecule has 4 nitrogen and oxygen atoms in total. The van der Waals surface area contributed by atoms with Crippen molar-refractivity contribution in [2.24, 2.45) is 0 Å². The van der Waals surface area contributed by atoms with Crippen LogP contribution in [0.2, 0.25) is 0 Å². The van der Waals surface area contributed by atoms with Gasteiger partial charge in [0.1, 0.15) is 4.90 Å². The van der Waals surface area contributed by atoms with E-state index < -0.39 is 10.0 Å². The molecule has 0 aromatic carbocycles. The van der Waals surface area contributed by atoms with Gasteiger partial charge >= 0.3 is 0 Å². The van der Waals surface area contributed by atoms with Gasteiger partial charge in [-0.3, -0.25) is 0 Å². The molecular weight excluding hydrogens is 348 g/mol. The maximum absolute atomic E-state index is 12.5. The summed E-state index contributed by atoms with van der Waals surface area (Å²) in [5, 5.41) is 3.20. The first kappa shape index (κ1) is 17.1. The van der Waals surface area contributed by atoms with Crippen molar-refractivity contribution in [1.29, 1.82) is 0 Å². The van der Waals surface area contributed by atoms with Crippen LogP contribution in [0, 0.1) is 0 Å². The molecule has 1 unspecified atom stereocenters. The second-order valence-corrected chi connectivity index (χ2v) is 8.83. The summed E-state index contributed by atoms with van der Waals surface area (Å²) in [7, 11) is -1.78. The molecular formula is C12H21BrN2O2S2. The first-order valence-corrected chi connectivity index (χ1v) is 9.36. The minimum Gasteiger partial charge on any atom is -0.312 e. The van der Waals surface area contributed by atoms with Gasteiger partial charge in [0.2, 0.25) is 10.0 Å². The van der Waals surface area contributed by atoms with Crippen molar-refractivity contribution in [3.05, 3.63) is 14.7 Å². The number of hydrogen-bond acceptors (Lipinski definition) is 4. The molecule has 19 heavy (non-hydrogen) atoms. The quantitative estimate of drug-likeness (QED) is 0.804. The molecule has 0 bridgehead atoms. The average Bonchev–Trinajstić information content (AvgIpc) is 2.76. The summed E-state index contributed by atoms with van der Waals surface area (Å²) in [6, 6.07) is 1.75. The molecule has 1 aromatic heterocycles. The van der Waals surface area contributed by atoms with Crippen LogP contribution in [0.1, 0.15) is 32.1 Å². The van der Waals surface area contributed by atoms with Gasteiger partial charge in [0.15, 0.2) is 0 Å². The summed E-state index contributed by atoms with van der Waals surface area (Å²) in [6.07, 6.45) is 0.793. The normalized spacial score (nSPS) is 14.0. The highest BCUT2D eigenvalue weighted by Gasteiger charge is 2.28. The number of sulfonamides is 1. The molecule has 1 rings (SSSR count). The van der Waals surface area contributed by atoms with Crippen LogP contribution in [0.15, 0.2) is 14.7 Å². The van der Waals surface area contributed by atoms with E-state index in [0.717, 1.165) is 17.8 Å². The molecule has 1 heterocycles. The van der Waals surface area contributed by atoms with Crippen molar-refractivity contribution in [2.75, 3.05) is 13.6 Å². The number of thiophene rings is 1. The molecule has 0 radical (unpaired) electrons. The topological polar surface area (TPSA) is 49.4 Å². The predicted octanol–water partition coefficient (Wildman–Crippen LogP) is 3.04. The van der Waals surface area contributed by atoms with Crippen molar-refractivity contribution >= 4 is 37.3 Å². The summed E-state index contributed by atoms with van der Waals surface area (Å²) in [5.41, 5.74) is 0. The van der Waals surface area contributed by atoms with Crippen molar-refractivity contribution in [2.45, 2.75) is 44.7 Å². The molecule has 0 amide bonds. The molecule has 0 aliphatic carbocycles. The van der Waals surface area contributed by atoms with Gasteiger partial charge in [0.05, 0.1) is 3.79 Å². The number of rotatable bonds is 7. The lowest BCUT2D eigenvalue weighted by Crippen LogP contribution is -2.34. The third-order valence-electron chi connectivity index (χ3n) is 3.12. The van der Waals surface area contributed by atoms with Crippen LogP contribution in [0.4, 0.5) is 0 Å².